The van der Waals surface area contributed by atoms with Crippen LogP contribution >= 0.6 is 0 Å². The zero-order chi connectivity index (χ0) is 12.6. The summed E-state index contributed by atoms with van der Waals surface area (Å²) in [6.45, 7) is 6.94. The molecule has 0 saturated carbocycles. The molecule has 0 spiro atoms. The monoisotopic (exact) mass is 236 g/mol. The molecule has 0 bridgehead atoms. The summed E-state index contributed by atoms with van der Waals surface area (Å²) in [5.41, 5.74) is 1.47. The van der Waals surface area contributed by atoms with E-state index in [4.69, 9.17) is 0 Å². The van der Waals surface area contributed by atoms with Crippen molar-refractivity contribution >= 4 is 11.6 Å². The summed E-state index contributed by atoms with van der Waals surface area (Å²) < 4.78 is 13.2. The lowest BCUT2D eigenvalue weighted by Gasteiger charge is -2.21. The Morgan fingerprint density at radius 3 is 2.76 bits per heavy atom. The highest BCUT2D eigenvalue weighted by atomic mass is 19.1. The van der Waals surface area contributed by atoms with Crippen LogP contribution in [0.2, 0.25) is 0 Å². The summed E-state index contributed by atoms with van der Waals surface area (Å²) >= 11 is 0. The molecule has 1 heterocycles. The summed E-state index contributed by atoms with van der Waals surface area (Å²) in [6, 6.07) is 3.92. The van der Waals surface area contributed by atoms with Gasteiger partial charge in [0.25, 0.3) is 0 Å². The van der Waals surface area contributed by atoms with Crippen molar-refractivity contribution in [3.8, 4) is 0 Å². The molecule has 1 aromatic carbocycles. The van der Waals surface area contributed by atoms with E-state index in [0.29, 0.717) is 17.8 Å². The van der Waals surface area contributed by atoms with Gasteiger partial charge in [-0.25, -0.2) is 4.39 Å². The zero-order valence-corrected chi connectivity index (χ0v) is 10.3. The number of carbonyl (C=O) groups excluding carboxylic acids is 1. The van der Waals surface area contributed by atoms with Crippen LogP contribution in [-0.2, 0) is 4.79 Å². The van der Waals surface area contributed by atoms with E-state index < -0.39 is 6.04 Å². The number of halogens is 1. The van der Waals surface area contributed by atoms with Gasteiger partial charge in [-0.05, 0) is 23.6 Å². The van der Waals surface area contributed by atoms with E-state index in [0.717, 1.165) is 0 Å². The van der Waals surface area contributed by atoms with Crippen molar-refractivity contribution in [1.29, 1.82) is 0 Å². The molecule has 92 valence electrons. The molecule has 17 heavy (non-hydrogen) atoms. The molecule has 1 aromatic rings. The van der Waals surface area contributed by atoms with Gasteiger partial charge in [-0.3, -0.25) is 4.79 Å². The van der Waals surface area contributed by atoms with Gasteiger partial charge in [0, 0.05) is 17.8 Å². The molecule has 0 fully saturated rings. The van der Waals surface area contributed by atoms with Gasteiger partial charge in [-0.2, -0.15) is 0 Å². The van der Waals surface area contributed by atoms with Crippen LogP contribution in [0.5, 0.6) is 0 Å². The number of hydrogen-bond donors (Lipinski definition) is 2. The van der Waals surface area contributed by atoms with Crippen molar-refractivity contribution in [3.05, 3.63) is 29.6 Å². The minimum Gasteiger partial charge on any atom is -0.324 e. The van der Waals surface area contributed by atoms with Crippen LogP contribution in [-0.4, -0.2) is 12.5 Å². The normalized spacial score (nSPS) is 19.1. The van der Waals surface area contributed by atoms with Crippen molar-refractivity contribution in [1.82, 2.24) is 5.32 Å². The molecule has 0 aromatic heterocycles. The zero-order valence-electron chi connectivity index (χ0n) is 10.3. The number of anilines is 1. The molecule has 0 saturated heterocycles. The minimum atomic E-state index is -0.445. The standard InChI is InChI=1S/C13H17FN2O/c1-13(2,3)7-15-11-9-6-8(14)4-5-10(9)16-12(11)17/h4-6,11,15H,7H2,1-3H3,(H,16,17). The number of rotatable bonds is 2. The first kappa shape index (κ1) is 12.0. The van der Waals surface area contributed by atoms with Crippen molar-refractivity contribution in [3.63, 3.8) is 0 Å². The van der Waals surface area contributed by atoms with E-state index in [1.54, 1.807) is 6.07 Å². The smallest absolute Gasteiger partial charge is 0.246 e. The van der Waals surface area contributed by atoms with Crippen molar-refractivity contribution in [2.24, 2.45) is 5.41 Å². The lowest BCUT2D eigenvalue weighted by Crippen LogP contribution is -2.34. The third-order valence-electron chi connectivity index (χ3n) is 2.68. The van der Waals surface area contributed by atoms with Crippen molar-refractivity contribution < 1.29 is 9.18 Å². The van der Waals surface area contributed by atoms with E-state index in [1.165, 1.54) is 12.1 Å². The SMILES string of the molecule is CC(C)(C)CNC1C(=O)Nc2ccc(F)cc21. The van der Waals surface area contributed by atoms with Gasteiger partial charge in [-0.1, -0.05) is 20.8 Å². The van der Waals surface area contributed by atoms with Crippen molar-refractivity contribution in [2.75, 3.05) is 11.9 Å². The predicted octanol–water partition coefficient (Wildman–Crippen LogP) is 2.45. The van der Waals surface area contributed by atoms with E-state index in [1.807, 2.05) is 0 Å². The van der Waals surface area contributed by atoms with Gasteiger partial charge < -0.3 is 10.6 Å². The molecular formula is C13H17FN2O. The van der Waals surface area contributed by atoms with Gasteiger partial charge in [0.15, 0.2) is 0 Å². The second-order valence-corrected chi connectivity index (χ2v) is 5.60. The molecule has 1 aliphatic rings. The largest absolute Gasteiger partial charge is 0.324 e. The third kappa shape index (κ3) is 2.64. The van der Waals surface area contributed by atoms with E-state index in [-0.39, 0.29) is 17.1 Å². The van der Waals surface area contributed by atoms with Crippen LogP contribution in [0.4, 0.5) is 10.1 Å². The number of fused-ring (bicyclic) bond motifs is 1. The molecule has 1 atom stereocenters. The Hall–Kier alpha value is -1.42. The fourth-order valence-electron chi connectivity index (χ4n) is 1.84. The molecular weight excluding hydrogens is 219 g/mol. The molecule has 1 amide bonds. The maximum atomic E-state index is 13.2. The molecule has 2 rings (SSSR count). The van der Waals surface area contributed by atoms with Gasteiger partial charge >= 0.3 is 0 Å². The fourth-order valence-corrected chi connectivity index (χ4v) is 1.84. The topological polar surface area (TPSA) is 41.1 Å². The fraction of sp³-hybridized carbons (Fsp3) is 0.462. The minimum absolute atomic E-state index is 0.0797. The number of carbonyl (C=O) groups is 1. The van der Waals surface area contributed by atoms with Gasteiger partial charge in [0.2, 0.25) is 5.91 Å². The maximum absolute atomic E-state index is 13.2. The van der Waals surface area contributed by atoms with Crippen LogP contribution in [0, 0.1) is 11.2 Å². The molecule has 1 unspecified atom stereocenters. The van der Waals surface area contributed by atoms with E-state index >= 15 is 0 Å². The molecule has 0 radical (unpaired) electrons. The van der Waals surface area contributed by atoms with Gasteiger partial charge in [-0.15, -0.1) is 0 Å². The first-order valence-corrected chi connectivity index (χ1v) is 5.70. The van der Waals surface area contributed by atoms with Crippen LogP contribution in [0.25, 0.3) is 0 Å². The van der Waals surface area contributed by atoms with Gasteiger partial charge in [0.1, 0.15) is 11.9 Å². The summed E-state index contributed by atoms with van der Waals surface area (Å²) in [7, 11) is 0. The van der Waals surface area contributed by atoms with Crippen LogP contribution in [0.15, 0.2) is 18.2 Å². The molecule has 3 nitrogen and oxygen atoms in total. The Morgan fingerprint density at radius 2 is 2.12 bits per heavy atom. The summed E-state index contributed by atoms with van der Waals surface area (Å²) in [4.78, 5) is 11.8. The highest BCUT2D eigenvalue weighted by Gasteiger charge is 2.31. The predicted molar refractivity (Wildman–Crippen MR) is 65.2 cm³/mol. The first-order chi connectivity index (χ1) is 7.87. The second-order valence-electron chi connectivity index (χ2n) is 5.60. The number of amides is 1. The number of benzene rings is 1. The highest BCUT2D eigenvalue weighted by Crippen LogP contribution is 2.31. The van der Waals surface area contributed by atoms with Crippen molar-refractivity contribution in [2.45, 2.75) is 26.8 Å². The first-order valence-electron chi connectivity index (χ1n) is 5.70. The third-order valence-corrected chi connectivity index (χ3v) is 2.68. The number of hydrogen-bond acceptors (Lipinski definition) is 2. The second kappa shape index (κ2) is 4.11. The molecule has 2 N–H and O–H groups in total. The Kier molecular flexibility index (Phi) is 2.91. The average molecular weight is 236 g/mol. The lowest BCUT2D eigenvalue weighted by molar-refractivity contribution is -0.117. The van der Waals surface area contributed by atoms with E-state index in [9.17, 15) is 9.18 Å². The Morgan fingerprint density at radius 1 is 1.41 bits per heavy atom. The Bertz CT molecular complexity index is 451. The van der Waals surface area contributed by atoms with Crippen LogP contribution in [0.3, 0.4) is 0 Å². The Balaban J connectivity index is 2.19. The highest BCUT2D eigenvalue weighted by molar-refractivity contribution is 6.02. The molecule has 1 aliphatic heterocycles. The molecule has 0 aliphatic carbocycles. The average Bonchev–Trinajstić information content (AvgIpc) is 2.49. The van der Waals surface area contributed by atoms with Crippen LogP contribution in [0.1, 0.15) is 32.4 Å². The lowest BCUT2D eigenvalue weighted by atomic mass is 9.96. The quantitative estimate of drug-likeness (QED) is 0.828. The number of nitrogens with one attached hydrogen (secondary N) is 2. The summed E-state index contributed by atoms with van der Waals surface area (Å²) in [5.74, 6) is -0.433. The maximum Gasteiger partial charge on any atom is 0.246 e. The molecule has 4 heteroatoms. The summed E-state index contributed by atoms with van der Waals surface area (Å²) in [6.07, 6.45) is 0. The Labute approximate surface area is 100 Å². The van der Waals surface area contributed by atoms with E-state index in [2.05, 4.69) is 31.4 Å². The van der Waals surface area contributed by atoms with Crippen LogP contribution < -0.4 is 10.6 Å². The van der Waals surface area contributed by atoms with Gasteiger partial charge in [0.05, 0.1) is 0 Å². The summed E-state index contributed by atoms with van der Waals surface area (Å²) in [5, 5.41) is 5.92.